The number of fused-ring (bicyclic) bond motifs is 1. The van der Waals surface area contributed by atoms with Crippen molar-refractivity contribution in [1.29, 1.82) is 0 Å². The van der Waals surface area contributed by atoms with Crippen molar-refractivity contribution in [3.63, 3.8) is 0 Å². The molecule has 0 unspecified atom stereocenters. The van der Waals surface area contributed by atoms with E-state index >= 15 is 0 Å². The van der Waals surface area contributed by atoms with Crippen LogP contribution in [0.2, 0.25) is 0 Å². The Balaban J connectivity index is 2.89. The smallest absolute Gasteiger partial charge is 0.142 e. The van der Waals surface area contributed by atoms with Crippen LogP contribution in [-0.2, 0) is 7.05 Å². The lowest BCUT2D eigenvalue weighted by Crippen LogP contribution is -2.10. The first-order valence-corrected chi connectivity index (χ1v) is 4.05. The summed E-state index contributed by atoms with van der Waals surface area (Å²) < 4.78 is 3.74. The SMILES string of the molecule is CNn1ccc2c(N)c(N)n(C)c21. The van der Waals surface area contributed by atoms with Crippen LogP contribution in [0.25, 0.3) is 11.0 Å². The van der Waals surface area contributed by atoms with Crippen molar-refractivity contribution in [3.8, 4) is 0 Å². The van der Waals surface area contributed by atoms with Gasteiger partial charge < -0.3 is 21.5 Å². The number of anilines is 2. The zero-order valence-electron chi connectivity index (χ0n) is 7.70. The minimum Gasteiger partial charge on any atom is -0.395 e. The Morgan fingerprint density at radius 3 is 2.69 bits per heavy atom. The topological polar surface area (TPSA) is 73.9 Å². The van der Waals surface area contributed by atoms with E-state index < -0.39 is 0 Å². The highest BCUT2D eigenvalue weighted by molar-refractivity contribution is 5.97. The highest BCUT2D eigenvalue weighted by atomic mass is 15.4. The largest absolute Gasteiger partial charge is 0.395 e. The van der Waals surface area contributed by atoms with Crippen LogP contribution < -0.4 is 16.9 Å². The van der Waals surface area contributed by atoms with Gasteiger partial charge in [-0.1, -0.05) is 0 Å². The van der Waals surface area contributed by atoms with E-state index in [2.05, 4.69) is 5.43 Å². The quantitative estimate of drug-likeness (QED) is 0.590. The molecule has 0 spiro atoms. The molecule has 5 nitrogen and oxygen atoms in total. The Morgan fingerprint density at radius 2 is 2.08 bits per heavy atom. The average Bonchev–Trinajstić information content (AvgIpc) is 2.64. The van der Waals surface area contributed by atoms with Gasteiger partial charge in [0.1, 0.15) is 11.5 Å². The first-order chi connectivity index (χ1) is 6.16. The molecule has 0 amide bonds. The lowest BCUT2D eigenvalue weighted by molar-refractivity contribution is 0.880. The fourth-order valence-corrected chi connectivity index (χ4v) is 1.59. The molecule has 0 aliphatic carbocycles. The Kier molecular flexibility index (Phi) is 1.42. The van der Waals surface area contributed by atoms with Gasteiger partial charge in [-0.2, -0.15) is 0 Å². The second kappa shape index (κ2) is 2.35. The van der Waals surface area contributed by atoms with Crippen LogP contribution in [0.4, 0.5) is 11.5 Å². The summed E-state index contributed by atoms with van der Waals surface area (Å²) in [5, 5.41) is 0.981. The van der Waals surface area contributed by atoms with Gasteiger partial charge in [0.15, 0.2) is 0 Å². The summed E-state index contributed by atoms with van der Waals surface area (Å²) >= 11 is 0. The number of hydrogen-bond acceptors (Lipinski definition) is 3. The molecule has 2 heterocycles. The predicted molar refractivity (Wildman–Crippen MR) is 55.0 cm³/mol. The van der Waals surface area contributed by atoms with Gasteiger partial charge in [-0.3, -0.25) is 4.68 Å². The third-order valence-electron chi connectivity index (χ3n) is 2.35. The molecule has 70 valence electrons. The minimum absolute atomic E-state index is 0.606. The van der Waals surface area contributed by atoms with E-state index in [1.54, 1.807) is 0 Å². The minimum atomic E-state index is 0.606. The molecule has 0 radical (unpaired) electrons. The Morgan fingerprint density at radius 1 is 1.38 bits per heavy atom. The van der Waals surface area contributed by atoms with Crippen molar-refractivity contribution in [3.05, 3.63) is 12.3 Å². The highest BCUT2D eigenvalue weighted by Gasteiger charge is 2.12. The van der Waals surface area contributed by atoms with E-state index in [0.29, 0.717) is 11.5 Å². The van der Waals surface area contributed by atoms with Gasteiger partial charge in [-0.25, -0.2) is 0 Å². The number of rotatable bonds is 1. The summed E-state index contributed by atoms with van der Waals surface area (Å²) in [5.74, 6) is 0.606. The van der Waals surface area contributed by atoms with Crippen LogP contribution in [-0.4, -0.2) is 16.3 Å². The van der Waals surface area contributed by atoms with Crippen LogP contribution in [0.3, 0.4) is 0 Å². The van der Waals surface area contributed by atoms with E-state index in [4.69, 9.17) is 11.5 Å². The van der Waals surface area contributed by atoms with Crippen LogP contribution >= 0.6 is 0 Å². The van der Waals surface area contributed by atoms with Gasteiger partial charge in [0, 0.05) is 25.7 Å². The van der Waals surface area contributed by atoms with Crippen LogP contribution in [0.1, 0.15) is 0 Å². The maximum atomic E-state index is 5.82. The molecule has 0 saturated carbocycles. The molecule has 0 aliphatic rings. The summed E-state index contributed by atoms with van der Waals surface area (Å²) in [6, 6.07) is 1.94. The van der Waals surface area contributed by atoms with Crippen LogP contribution in [0.5, 0.6) is 0 Å². The van der Waals surface area contributed by atoms with Crippen molar-refractivity contribution in [2.45, 2.75) is 0 Å². The number of nitrogens with two attached hydrogens (primary N) is 2. The Hall–Kier alpha value is -1.78. The molecule has 2 aromatic rings. The number of nitrogen functional groups attached to an aromatic ring is 2. The summed E-state index contributed by atoms with van der Waals surface area (Å²) in [4.78, 5) is 0. The first kappa shape index (κ1) is 7.85. The first-order valence-electron chi connectivity index (χ1n) is 4.05. The molecule has 5 N–H and O–H groups in total. The number of aromatic nitrogens is 2. The predicted octanol–water partition coefficient (Wildman–Crippen LogP) is 0.318. The van der Waals surface area contributed by atoms with Crippen molar-refractivity contribution in [2.24, 2.45) is 7.05 Å². The molecule has 13 heavy (non-hydrogen) atoms. The molecule has 0 aromatic carbocycles. The number of hydrogen-bond donors (Lipinski definition) is 3. The summed E-state index contributed by atoms with van der Waals surface area (Å²) in [6.07, 6.45) is 1.92. The normalized spacial score (nSPS) is 10.9. The number of nitrogens with one attached hydrogen (secondary N) is 1. The molecule has 5 heteroatoms. The van der Waals surface area contributed by atoms with Gasteiger partial charge in [-0.15, -0.1) is 0 Å². The van der Waals surface area contributed by atoms with E-state index in [-0.39, 0.29) is 0 Å². The Labute approximate surface area is 75.9 Å². The van der Waals surface area contributed by atoms with E-state index in [1.165, 1.54) is 0 Å². The van der Waals surface area contributed by atoms with Gasteiger partial charge >= 0.3 is 0 Å². The molecule has 0 atom stereocenters. The summed E-state index contributed by atoms with van der Waals surface area (Å²) in [7, 11) is 3.74. The molecule has 0 saturated heterocycles. The molecular weight excluding hydrogens is 166 g/mol. The van der Waals surface area contributed by atoms with Gasteiger partial charge in [-0.05, 0) is 6.07 Å². The second-order valence-corrected chi connectivity index (χ2v) is 3.00. The van der Waals surface area contributed by atoms with Gasteiger partial charge in [0.25, 0.3) is 0 Å². The van der Waals surface area contributed by atoms with Crippen molar-refractivity contribution >= 4 is 22.5 Å². The maximum absolute atomic E-state index is 5.82. The van der Waals surface area contributed by atoms with Crippen molar-refractivity contribution < 1.29 is 0 Å². The molecular formula is C8H13N5. The third-order valence-corrected chi connectivity index (χ3v) is 2.35. The third kappa shape index (κ3) is 0.809. The van der Waals surface area contributed by atoms with E-state index in [1.807, 2.05) is 35.6 Å². The van der Waals surface area contributed by atoms with Crippen molar-refractivity contribution in [1.82, 2.24) is 9.24 Å². The zero-order valence-corrected chi connectivity index (χ0v) is 7.70. The maximum Gasteiger partial charge on any atom is 0.142 e. The lowest BCUT2D eigenvalue weighted by atomic mass is 10.3. The molecule has 0 bridgehead atoms. The standard InChI is InChI=1S/C8H13N5/c1-11-13-4-3-5-6(9)7(10)12(2)8(5)13/h3-4,11H,9-10H2,1-2H3. The highest BCUT2D eigenvalue weighted by Crippen LogP contribution is 2.29. The van der Waals surface area contributed by atoms with E-state index in [9.17, 15) is 0 Å². The number of nitrogens with zero attached hydrogens (tertiary/aromatic N) is 2. The second-order valence-electron chi connectivity index (χ2n) is 3.00. The van der Waals surface area contributed by atoms with Gasteiger partial charge in [0.05, 0.1) is 5.69 Å². The van der Waals surface area contributed by atoms with E-state index in [0.717, 1.165) is 11.0 Å². The zero-order chi connectivity index (χ0) is 9.59. The fourth-order valence-electron chi connectivity index (χ4n) is 1.59. The molecule has 2 rings (SSSR count). The molecule has 0 fully saturated rings. The molecule has 2 aromatic heterocycles. The van der Waals surface area contributed by atoms with Gasteiger partial charge in [0.2, 0.25) is 0 Å². The van der Waals surface area contributed by atoms with Crippen LogP contribution in [0.15, 0.2) is 12.3 Å². The Bertz CT molecular complexity index is 450. The lowest BCUT2D eigenvalue weighted by Gasteiger charge is -2.04. The average molecular weight is 179 g/mol. The summed E-state index contributed by atoms with van der Waals surface area (Å²) in [5.41, 5.74) is 16.2. The monoisotopic (exact) mass is 179 g/mol. The fraction of sp³-hybridized carbons (Fsp3) is 0.250. The number of aryl methyl sites for hydroxylation is 1. The molecule has 0 aliphatic heterocycles. The van der Waals surface area contributed by atoms with Crippen LogP contribution in [0, 0.1) is 0 Å². The van der Waals surface area contributed by atoms with Crippen molar-refractivity contribution in [2.75, 3.05) is 23.9 Å². The summed E-state index contributed by atoms with van der Waals surface area (Å²) in [6.45, 7) is 0.